The van der Waals surface area contributed by atoms with Crippen LogP contribution in [0.2, 0.25) is 0 Å². The molecule has 0 radical (unpaired) electrons. The van der Waals surface area contributed by atoms with Gasteiger partial charge >= 0.3 is 0 Å². The molecule has 0 spiro atoms. The van der Waals surface area contributed by atoms with Crippen molar-refractivity contribution < 1.29 is 8.42 Å². The van der Waals surface area contributed by atoms with E-state index in [0.29, 0.717) is 11.7 Å². The van der Waals surface area contributed by atoms with Crippen LogP contribution >= 0.6 is 15.9 Å². The van der Waals surface area contributed by atoms with E-state index in [1.807, 2.05) is 0 Å². The van der Waals surface area contributed by atoms with Gasteiger partial charge in [-0.1, -0.05) is 29.3 Å². The Bertz CT molecular complexity index is 235. The molecule has 0 fully saturated rings. The smallest absolute Gasteiger partial charge is 0.152 e. The monoisotopic (exact) mass is 284 g/mol. The molecule has 86 valence electrons. The van der Waals surface area contributed by atoms with Crippen molar-refractivity contribution >= 4 is 25.8 Å². The summed E-state index contributed by atoms with van der Waals surface area (Å²) in [5.41, 5.74) is 0. The lowest BCUT2D eigenvalue weighted by molar-refractivity contribution is 0.511. The lowest BCUT2D eigenvalue weighted by atomic mass is 10.0. The molecule has 4 heteroatoms. The molecule has 0 saturated carbocycles. The highest BCUT2D eigenvalue weighted by atomic mass is 79.9. The Morgan fingerprint density at radius 3 is 2.14 bits per heavy atom. The Hall–Kier alpha value is 0.430. The Morgan fingerprint density at radius 2 is 1.79 bits per heavy atom. The van der Waals surface area contributed by atoms with Crippen LogP contribution < -0.4 is 0 Å². The molecule has 0 amide bonds. The Balaban J connectivity index is 4.03. The van der Waals surface area contributed by atoms with Crippen molar-refractivity contribution in [2.24, 2.45) is 5.92 Å². The second-order valence-electron chi connectivity index (χ2n) is 4.01. The predicted octanol–water partition coefficient (Wildman–Crippen LogP) is 3.01. The first-order chi connectivity index (χ1) is 6.44. The van der Waals surface area contributed by atoms with Crippen molar-refractivity contribution in [1.82, 2.24) is 0 Å². The van der Waals surface area contributed by atoms with Gasteiger partial charge in [0.1, 0.15) is 0 Å². The number of alkyl halides is 1. The van der Waals surface area contributed by atoms with Crippen LogP contribution in [0.1, 0.15) is 40.0 Å². The topological polar surface area (TPSA) is 34.1 Å². The van der Waals surface area contributed by atoms with E-state index in [1.165, 1.54) is 0 Å². The van der Waals surface area contributed by atoms with Crippen molar-refractivity contribution in [1.29, 1.82) is 0 Å². The summed E-state index contributed by atoms with van der Waals surface area (Å²) in [6, 6.07) is 0. The van der Waals surface area contributed by atoms with E-state index in [1.54, 1.807) is 13.8 Å². The zero-order valence-electron chi connectivity index (χ0n) is 9.29. The molecule has 0 N–H and O–H groups in total. The van der Waals surface area contributed by atoms with E-state index >= 15 is 0 Å². The van der Waals surface area contributed by atoms with Gasteiger partial charge in [-0.25, -0.2) is 8.42 Å². The Labute approximate surface area is 96.5 Å². The Kier molecular flexibility index (Phi) is 7.04. The summed E-state index contributed by atoms with van der Waals surface area (Å²) < 4.78 is 23.1. The van der Waals surface area contributed by atoms with E-state index in [4.69, 9.17) is 0 Å². The Morgan fingerprint density at radius 1 is 1.21 bits per heavy atom. The molecule has 0 aromatic heterocycles. The van der Waals surface area contributed by atoms with Crippen molar-refractivity contribution in [3.8, 4) is 0 Å². The second kappa shape index (κ2) is 6.83. The second-order valence-corrected chi connectivity index (χ2v) is 7.34. The number of halogens is 1. The zero-order chi connectivity index (χ0) is 11.2. The van der Waals surface area contributed by atoms with E-state index in [9.17, 15) is 8.42 Å². The van der Waals surface area contributed by atoms with Crippen LogP contribution in [-0.4, -0.2) is 24.8 Å². The normalized spacial score (nSPS) is 14.6. The fourth-order valence-corrected chi connectivity index (χ4v) is 3.05. The van der Waals surface area contributed by atoms with Gasteiger partial charge in [0.15, 0.2) is 9.84 Å². The highest BCUT2D eigenvalue weighted by Gasteiger charge is 2.18. The third-order valence-corrected chi connectivity index (χ3v) is 5.60. The van der Waals surface area contributed by atoms with Crippen LogP contribution in [0, 0.1) is 5.92 Å². The molecule has 1 unspecified atom stereocenters. The van der Waals surface area contributed by atoms with E-state index in [0.717, 1.165) is 24.6 Å². The average molecular weight is 285 g/mol. The van der Waals surface area contributed by atoms with E-state index in [-0.39, 0.29) is 5.25 Å². The first-order valence-electron chi connectivity index (χ1n) is 5.21. The van der Waals surface area contributed by atoms with Gasteiger partial charge in [-0.15, -0.1) is 0 Å². The molecule has 0 aliphatic heterocycles. The molecule has 0 aliphatic carbocycles. The lowest BCUT2D eigenvalue weighted by Crippen LogP contribution is -2.20. The van der Waals surface area contributed by atoms with Gasteiger partial charge < -0.3 is 0 Å². The van der Waals surface area contributed by atoms with Gasteiger partial charge in [-0.05, 0) is 32.6 Å². The van der Waals surface area contributed by atoms with Crippen molar-refractivity contribution in [2.75, 3.05) is 11.1 Å². The minimum absolute atomic E-state index is 0.236. The highest BCUT2D eigenvalue weighted by Crippen LogP contribution is 2.16. The zero-order valence-corrected chi connectivity index (χ0v) is 11.7. The summed E-state index contributed by atoms with van der Waals surface area (Å²) in [5.74, 6) is 0.842. The molecular weight excluding hydrogens is 264 g/mol. The van der Waals surface area contributed by atoms with Crippen molar-refractivity contribution in [3.63, 3.8) is 0 Å². The van der Waals surface area contributed by atoms with Crippen molar-refractivity contribution in [2.45, 2.75) is 45.3 Å². The van der Waals surface area contributed by atoms with Gasteiger partial charge in [0.05, 0.1) is 11.0 Å². The number of hydrogen-bond donors (Lipinski definition) is 0. The quantitative estimate of drug-likeness (QED) is 0.674. The van der Waals surface area contributed by atoms with Crippen LogP contribution in [0.4, 0.5) is 0 Å². The summed E-state index contributed by atoms with van der Waals surface area (Å²) in [6.45, 7) is 5.63. The van der Waals surface area contributed by atoms with Crippen LogP contribution in [-0.2, 0) is 9.84 Å². The van der Waals surface area contributed by atoms with Crippen LogP contribution in [0.25, 0.3) is 0 Å². The first kappa shape index (κ1) is 14.4. The minimum Gasteiger partial charge on any atom is -0.229 e. The molecule has 0 bridgehead atoms. The maximum absolute atomic E-state index is 11.5. The number of sulfone groups is 1. The summed E-state index contributed by atoms with van der Waals surface area (Å²) in [5, 5.41) is 0.675. The highest BCUT2D eigenvalue weighted by molar-refractivity contribution is 9.09. The molecule has 0 aliphatic rings. The fourth-order valence-electron chi connectivity index (χ4n) is 1.27. The van der Waals surface area contributed by atoms with Crippen LogP contribution in [0.15, 0.2) is 0 Å². The molecule has 0 aromatic rings. The van der Waals surface area contributed by atoms with Gasteiger partial charge in [0.2, 0.25) is 0 Å². The SMILES string of the molecule is CCCC(CBr)CCS(=O)(=O)C(C)C. The van der Waals surface area contributed by atoms with Gasteiger partial charge in [-0.3, -0.25) is 0 Å². The van der Waals surface area contributed by atoms with Gasteiger partial charge in [0, 0.05) is 5.33 Å². The maximum Gasteiger partial charge on any atom is 0.152 e. The first-order valence-corrected chi connectivity index (χ1v) is 8.05. The van der Waals surface area contributed by atoms with Gasteiger partial charge in [-0.2, -0.15) is 0 Å². The lowest BCUT2D eigenvalue weighted by Gasteiger charge is -2.14. The standard InChI is InChI=1S/C10H21BrO2S/c1-4-5-10(8-11)6-7-14(12,13)9(2)3/h9-10H,4-8H2,1-3H3. The summed E-state index contributed by atoms with van der Waals surface area (Å²) in [4.78, 5) is 0. The van der Waals surface area contributed by atoms with Crippen molar-refractivity contribution in [3.05, 3.63) is 0 Å². The maximum atomic E-state index is 11.5. The minimum atomic E-state index is -2.84. The molecule has 1 atom stereocenters. The number of rotatable bonds is 7. The largest absolute Gasteiger partial charge is 0.229 e. The van der Waals surface area contributed by atoms with Crippen LogP contribution in [0.5, 0.6) is 0 Å². The molecule has 0 rings (SSSR count). The summed E-state index contributed by atoms with van der Waals surface area (Å²) in [6.07, 6.45) is 3.02. The predicted molar refractivity (Wildman–Crippen MR) is 65.7 cm³/mol. The number of hydrogen-bond acceptors (Lipinski definition) is 2. The average Bonchev–Trinajstić information content (AvgIpc) is 2.12. The van der Waals surface area contributed by atoms with E-state index < -0.39 is 9.84 Å². The third-order valence-electron chi connectivity index (χ3n) is 2.44. The molecule has 0 saturated heterocycles. The summed E-state index contributed by atoms with van der Waals surface area (Å²) in [7, 11) is -2.84. The molecule has 14 heavy (non-hydrogen) atoms. The molecular formula is C10H21BrO2S. The van der Waals surface area contributed by atoms with E-state index in [2.05, 4.69) is 22.9 Å². The molecule has 0 heterocycles. The fraction of sp³-hybridized carbons (Fsp3) is 1.00. The summed E-state index contributed by atoms with van der Waals surface area (Å²) >= 11 is 3.43. The molecule has 2 nitrogen and oxygen atoms in total. The molecule has 0 aromatic carbocycles. The third kappa shape index (κ3) is 5.35. The van der Waals surface area contributed by atoms with Gasteiger partial charge in [0.25, 0.3) is 0 Å². The van der Waals surface area contributed by atoms with Crippen LogP contribution in [0.3, 0.4) is 0 Å².